The first-order chi connectivity index (χ1) is 8.34. The van der Waals surface area contributed by atoms with Gasteiger partial charge in [-0.1, -0.05) is 41.9 Å². The van der Waals surface area contributed by atoms with Crippen molar-refractivity contribution in [3.8, 4) is 5.88 Å². The van der Waals surface area contributed by atoms with Gasteiger partial charge in [0, 0.05) is 6.07 Å². The Morgan fingerprint density at radius 1 is 1.12 bits per heavy atom. The normalized spacial score (nSPS) is 10.2. The molecule has 0 radical (unpaired) electrons. The molecule has 1 aromatic carbocycles. The van der Waals surface area contributed by atoms with Crippen LogP contribution in [0.5, 0.6) is 5.88 Å². The number of ether oxygens (including phenoxy) is 1. The van der Waals surface area contributed by atoms with Crippen LogP contribution >= 0.6 is 11.6 Å². The van der Waals surface area contributed by atoms with Crippen LogP contribution in [0.1, 0.15) is 12.0 Å². The van der Waals surface area contributed by atoms with Crippen LogP contribution in [0.3, 0.4) is 0 Å². The van der Waals surface area contributed by atoms with Crippen molar-refractivity contribution in [2.75, 3.05) is 6.61 Å². The van der Waals surface area contributed by atoms with Crippen LogP contribution in [-0.4, -0.2) is 16.6 Å². The summed E-state index contributed by atoms with van der Waals surface area (Å²) in [5.41, 5.74) is 1.32. The maximum Gasteiger partial charge on any atom is 0.217 e. The van der Waals surface area contributed by atoms with Crippen molar-refractivity contribution in [3.05, 3.63) is 53.4 Å². The lowest BCUT2D eigenvalue weighted by atomic mass is 10.1. The second-order valence-corrected chi connectivity index (χ2v) is 4.00. The topological polar surface area (TPSA) is 35.0 Å². The van der Waals surface area contributed by atoms with Crippen LogP contribution in [0.4, 0.5) is 0 Å². The summed E-state index contributed by atoms with van der Waals surface area (Å²) in [6.45, 7) is 0.627. The highest BCUT2D eigenvalue weighted by Gasteiger charge is 1.97. The van der Waals surface area contributed by atoms with Gasteiger partial charge in [-0.25, -0.2) is 9.97 Å². The molecule has 0 aliphatic heterocycles. The van der Waals surface area contributed by atoms with Crippen molar-refractivity contribution < 1.29 is 4.74 Å². The first-order valence-electron chi connectivity index (χ1n) is 5.49. The number of halogens is 1. The van der Waals surface area contributed by atoms with Gasteiger partial charge in [0.25, 0.3) is 0 Å². The number of benzene rings is 1. The fraction of sp³-hybridized carbons (Fsp3) is 0.231. The molecule has 88 valence electrons. The molecule has 0 fully saturated rings. The molecule has 17 heavy (non-hydrogen) atoms. The van der Waals surface area contributed by atoms with E-state index in [-0.39, 0.29) is 0 Å². The summed E-state index contributed by atoms with van der Waals surface area (Å²) in [6, 6.07) is 11.9. The monoisotopic (exact) mass is 248 g/mol. The lowest BCUT2D eigenvalue weighted by Gasteiger charge is -2.04. The smallest absolute Gasteiger partial charge is 0.217 e. The van der Waals surface area contributed by atoms with Crippen LogP contribution in [-0.2, 0) is 6.42 Å². The zero-order valence-electron chi connectivity index (χ0n) is 9.34. The molecule has 2 rings (SSSR count). The molecule has 0 atom stereocenters. The maximum atomic E-state index is 5.72. The quantitative estimate of drug-likeness (QED) is 0.602. The molecule has 2 aromatic rings. The molecule has 0 amide bonds. The van der Waals surface area contributed by atoms with Gasteiger partial charge in [-0.15, -0.1) is 0 Å². The van der Waals surface area contributed by atoms with Crippen molar-refractivity contribution in [1.29, 1.82) is 0 Å². The second-order valence-electron chi connectivity index (χ2n) is 3.62. The van der Waals surface area contributed by atoms with Crippen molar-refractivity contribution in [2.24, 2.45) is 0 Å². The summed E-state index contributed by atoms with van der Waals surface area (Å²) in [5, 5.41) is 0.401. The van der Waals surface area contributed by atoms with Gasteiger partial charge in [0.1, 0.15) is 11.5 Å². The molecular formula is C13H13ClN2O. The number of aromatic nitrogens is 2. The summed E-state index contributed by atoms with van der Waals surface area (Å²) in [4.78, 5) is 7.76. The standard InChI is InChI=1S/C13H13ClN2O/c14-12-9-13(16-10-15-12)17-8-4-7-11-5-2-1-3-6-11/h1-3,5-6,9-10H,4,7-8H2. The Kier molecular flexibility index (Phi) is 4.33. The van der Waals surface area contributed by atoms with E-state index in [0.29, 0.717) is 17.6 Å². The Balaban J connectivity index is 1.73. The van der Waals surface area contributed by atoms with Crippen molar-refractivity contribution in [1.82, 2.24) is 9.97 Å². The van der Waals surface area contributed by atoms with Gasteiger partial charge in [0.15, 0.2) is 0 Å². The Morgan fingerprint density at radius 2 is 1.94 bits per heavy atom. The molecule has 0 aliphatic rings. The Hall–Kier alpha value is -1.61. The Morgan fingerprint density at radius 3 is 2.71 bits per heavy atom. The predicted octanol–water partition coefficient (Wildman–Crippen LogP) is 3.14. The molecule has 1 heterocycles. The maximum absolute atomic E-state index is 5.72. The molecule has 0 unspecified atom stereocenters. The zero-order chi connectivity index (χ0) is 11.9. The van der Waals surface area contributed by atoms with Gasteiger partial charge in [0.05, 0.1) is 6.61 Å². The highest BCUT2D eigenvalue weighted by Crippen LogP contribution is 2.11. The minimum Gasteiger partial charge on any atom is -0.478 e. The van der Waals surface area contributed by atoms with E-state index >= 15 is 0 Å². The average molecular weight is 249 g/mol. The lowest BCUT2D eigenvalue weighted by Crippen LogP contribution is -2.01. The van der Waals surface area contributed by atoms with Crippen LogP contribution in [0, 0.1) is 0 Å². The molecule has 0 aliphatic carbocycles. The third-order valence-corrected chi connectivity index (χ3v) is 2.52. The second kappa shape index (κ2) is 6.21. The molecule has 0 saturated carbocycles. The van der Waals surface area contributed by atoms with Crippen LogP contribution in [0.2, 0.25) is 5.15 Å². The number of rotatable bonds is 5. The summed E-state index contributed by atoms with van der Waals surface area (Å²) in [5.74, 6) is 0.526. The number of aryl methyl sites for hydroxylation is 1. The molecule has 0 bridgehead atoms. The third-order valence-electron chi connectivity index (χ3n) is 2.31. The third kappa shape index (κ3) is 4.04. The minimum absolute atomic E-state index is 0.401. The van der Waals surface area contributed by atoms with Crippen LogP contribution in [0.25, 0.3) is 0 Å². The average Bonchev–Trinajstić information content (AvgIpc) is 2.36. The fourth-order valence-electron chi connectivity index (χ4n) is 1.49. The molecule has 0 N–H and O–H groups in total. The largest absolute Gasteiger partial charge is 0.478 e. The lowest BCUT2D eigenvalue weighted by molar-refractivity contribution is 0.298. The Labute approximate surface area is 105 Å². The molecule has 4 heteroatoms. The first kappa shape index (κ1) is 11.9. The van der Waals surface area contributed by atoms with E-state index < -0.39 is 0 Å². The zero-order valence-corrected chi connectivity index (χ0v) is 10.1. The van der Waals surface area contributed by atoms with E-state index in [1.165, 1.54) is 11.9 Å². The highest BCUT2D eigenvalue weighted by molar-refractivity contribution is 6.29. The summed E-state index contributed by atoms with van der Waals surface area (Å²) < 4.78 is 5.47. The van der Waals surface area contributed by atoms with Crippen molar-refractivity contribution >= 4 is 11.6 Å². The molecular weight excluding hydrogens is 236 g/mol. The predicted molar refractivity (Wildman–Crippen MR) is 67.3 cm³/mol. The van der Waals surface area contributed by atoms with Crippen LogP contribution < -0.4 is 4.74 Å². The van der Waals surface area contributed by atoms with Crippen LogP contribution in [0.15, 0.2) is 42.7 Å². The van der Waals surface area contributed by atoms with Gasteiger partial charge in [-0.05, 0) is 18.4 Å². The van der Waals surface area contributed by atoms with E-state index in [1.807, 2.05) is 18.2 Å². The van der Waals surface area contributed by atoms with Crippen molar-refractivity contribution in [2.45, 2.75) is 12.8 Å². The van der Waals surface area contributed by atoms with E-state index in [9.17, 15) is 0 Å². The highest BCUT2D eigenvalue weighted by atomic mass is 35.5. The molecule has 3 nitrogen and oxygen atoms in total. The summed E-state index contributed by atoms with van der Waals surface area (Å²) in [7, 11) is 0. The van der Waals surface area contributed by atoms with E-state index in [2.05, 4.69) is 22.1 Å². The molecule has 0 spiro atoms. The number of hydrogen-bond acceptors (Lipinski definition) is 3. The SMILES string of the molecule is Clc1cc(OCCCc2ccccc2)ncn1. The van der Waals surface area contributed by atoms with Gasteiger partial charge in [-0.3, -0.25) is 0 Å². The summed E-state index contributed by atoms with van der Waals surface area (Å²) in [6.07, 6.45) is 3.35. The van der Waals surface area contributed by atoms with Gasteiger partial charge < -0.3 is 4.74 Å². The van der Waals surface area contributed by atoms with E-state index in [0.717, 1.165) is 12.8 Å². The Bertz CT molecular complexity index is 462. The van der Waals surface area contributed by atoms with Gasteiger partial charge >= 0.3 is 0 Å². The first-order valence-corrected chi connectivity index (χ1v) is 5.86. The fourth-order valence-corrected chi connectivity index (χ4v) is 1.63. The molecule has 0 saturated heterocycles. The summed E-state index contributed by atoms with van der Waals surface area (Å²) >= 11 is 5.72. The molecule has 1 aromatic heterocycles. The van der Waals surface area contributed by atoms with Crippen molar-refractivity contribution in [3.63, 3.8) is 0 Å². The van der Waals surface area contributed by atoms with E-state index in [1.54, 1.807) is 6.07 Å². The number of hydrogen-bond donors (Lipinski definition) is 0. The minimum atomic E-state index is 0.401. The van der Waals surface area contributed by atoms with Gasteiger partial charge in [-0.2, -0.15) is 0 Å². The van der Waals surface area contributed by atoms with E-state index in [4.69, 9.17) is 16.3 Å². The number of nitrogens with zero attached hydrogens (tertiary/aromatic N) is 2. The van der Waals surface area contributed by atoms with Gasteiger partial charge in [0.2, 0.25) is 5.88 Å².